The summed E-state index contributed by atoms with van der Waals surface area (Å²) in [6.07, 6.45) is 3.61. The van der Waals surface area contributed by atoms with Crippen molar-refractivity contribution in [2.45, 2.75) is 31.8 Å². The highest BCUT2D eigenvalue weighted by Crippen LogP contribution is 2.30. The Hall–Kier alpha value is -1.39. The summed E-state index contributed by atoms with van der Waals surface area (Å²) in [6, 6.07) is 8.39. The van der Waals surface area contributed by atoms with Crippen LogP contribution in [0.25, 0.3) is 0 Å². The predicted molar refractivity (Wildman–Crippen MR) is 84.0 cm³/mol. The van der Waals surface area contributed by atoms with Gasteiger partial charge in [0.15, 0.2) is 0 Å². The molecule has 0 bridgehead atoms. The second-order valence-corrected chi connectivity index (χ2v) is 6.39. The summed E-state index contributed by atoms with van der Waals surface area (Å²) in [7, 11) is 2.22. The molecule has 2 unspecified atom stereocenters. The molecule has 2 N–H and O–H groups in total. The van der Waals surface area contributed by atoms with Gasteiger partial charge in [-0.3, -0.25) is 4.79 Å². The quantitative estimate of drug-likeness (QED) is 0.901. The first-order valence-corrected chi connectivity index (χ1v) is 7.97. The molecule has 21 heavy (non-hydrogen) atoms. The topological polar surface area (TPSA) is 49.6 Å². The lowest BCUT2D eigenvalue weighted by atomic mass is 9.84. The summed E-state index contributed by atoms with van der Waals surface area (Å²) in [5.41, 5.74) is 7.46. The second-order valence-electron chi connectivity index (χ2n) is 6.39. The van der Waals surface area contributed by atoms with Gasteiger partial charge in [-0.2, -0.15) is 0 Å². The van der Waals surface area contributed by atoms with Gasteiger partial charge in [-0.05, 0) is 56.5 Å². The molecule has 0 aliphatic carbocycles. The van der Waals surface area contributed by atoms with E-state index in [1.54, 1.807) is 0 Å². The molecule has 2 saturated heterocycles. The second kappa shape index (κ2) is 6.16. The van der Waals surface area contributed by atoms with Gasteiger partial charge in [0.1, 0.15) is 0 Å². The first kappa shape index (κ1) is 14.5. The maximum atomic E-state index is 12.6. The van der Waals surface area contributed by atoms with Gasteiger partial charge in [-0.1, -0.05) is 12.1 Å². The van der Waals surface area contributed by atoms with E-state index in [0.29, 0.717) is 18.5 Å². The predicted octanol–water partition coefficient (Wildman–Crippen LogP) is 1.70. The van der Waals surface area contributed by atoms with E-state index in [4.69, 9.17) is 5.73 Å². The molecule has 2 heterocycles. The van der Waals surface area contributed by atoms with E-state index < -0.39 is 0 Å². The van der Waals surface area contributed by atoms with Crippen molar-refractivity contribution in [2.75, 3.05) is 26.7 Å². The lowest BCUT2D eigenvalue weighted by Gasteiger charge is -2.46. The van der Waals surface area contributed by atoms with Crippen LogP contribution in [0.3, 0.4) is 0 Å². The number of nitrogens with two attached hydrogens (primary N) is 1. The van der Waals surface area contributed by atoms with Crippen LogP contribution in [0.5, 0.6) is 0 Å². The first-order chi connectivity index (χ1) is 10.2. The highest BCUT2D eigenvalue weighted by molar-refractivity contribution is 5.94. The number of carbonyl (C=O) groups is 1. The van der Waals surface area contributed by atoms with E-state index >= 15 is 0 Å². The van der Waals surface area contributed by atoms with E-state index in [9.17, 15) is 4.79 Å². The molecule has 114 valence electrons. The summed E-state index contributed by atoms with van der Waals surface area (Å²) < 4.78 is 0. The number of nitrogens with zero attached hydrogens (tertiary/aromatic N) is 2. The third-order valence-corrected chi connectivity index (χ3v) is 5.07. The van der Waals surface area contributed by atoms with Gasteiger partial charge < -0.3 is 15.5 Å². The van der Waals surface area contributed by atoms with Crippen LogP contribution in [0.4, 0.5) is 0 Å². The first-order valence-electron chi connectivity index (χ1n) is 7.97. The zero-order valence-electron chi connectivity index (χ0n) is 12.8. The normalized spacial score (nSPS) is 26.5. The van der Waals surface area contributed by atoms with Crippen LogP contribution in [0.15, 0.2) is 24.3 Å². The lowest BCUT2D eigenvalue weighted by Crippen LogP contribution is -2.53. The van der Waals surface area contributed by atoms with Crippen molar-refractivity contribution in [3.8, 4) is 0 Å². The average Bonchev–Trinajstić information content (AvgIpc) is 2.54. The summed E-state index contributed by atoms with van der Waals surface area (Å²) in [6.45, 7) is 3.51. The zero-order valence-corrected chi connectivity index (χ0v) is 12.8. The van der Waals surface area contributed by atoms with Crippen molar-refractivity contribution in [1.82, 2.24) is 9.80 Å². The SMILES string of the molecule is CN1CCCC2CN(C(=O)c3ccc(CN)cc3)CCC21. The number of benzene rings is 1. The number of rotatable bonds is 2. The molecule has 1 aromatic rings. The van der Waals surface area contributed by atoms with Crippen molar-refractivity contribution in [1.29, 1.82) is 0 Å². The number of carbonyl (C=O) groups excluding carboxylic acids is 1. The van der Waals surface area contributed by atoms with Crippen LogP contribution in [0.2, 0.25) is 0 Å². The lowest BCUT2D eigenvalue weighted by molar-refractivity contribution is 0.0317. The Labute approximate surface area is 126 Å². The Bertz CT molecular complexity index is 499. The fourth-order valence-corrected chi connectivity index (χ4v) is 3.80. The molecular weight excluding hydrogens is 262 g/mol. The zero-order chi connectivity index (χ0) is 14.8. The van der Waals surface area contributed by atoms with E-state index in [0.717, 1.165) is 30.6 Å². The van der Waals surface area contributed by atoms with Gasteiger partial charge in [-0.25, -0.2) is 0 Å². The molecule has 4 nitrogen and oxygen atoms in total. The van der Waals surface area contributed by atoms with E-state index in [2.05, 4.69) is 11.9 Å². The van der Waals surface area contributed by atoms with Gasteiger partial charge >= 0.3 is 0 Å². The molecule has 2 fully saturated rings. The van der Waals surface area contributed by atoms with Crippen LogP contribution in [0.1, 0.15) is 35.2 Å². The summed E-state index contributed by atoms with van der Waals surface area (Å²) in [5, 5.41) is 0. The van der Waals surface area contributed by atoms with Crippen molar-refractivity contribution >= 4 is 5.91 Å². The Morgan fingerprint density at radius 1 is 1.24 bits per heavy atom. The number of hydrogen-bond donors (Lipinski definition) is 1. The Balaban J connectivity index is 1.68. The van der Waals surface area contributed by atoms with Gasteiger partial charge in [0, 0.05) is 31.2 Å². The molecular formula is C17H25N3O. The fraction of sp³-hybridized carbons (Fsp3) is 0.588. The number of piperidine rings is 2. The Kier molecular flexibility index (Phi) is 4.27. The molecule has 4 heteroatoms. The molecule has 2 atom stereocenters. The molecule has 1 aromatic carbocycles. The molecule has 0 radical (unpaired) electrons. The van der Waals surface area contributed by atoms with Crippen LogP contribution in [0, 0.1) is 5.92 Å². The van der Waals surface area contributed by atoms with Crippen LogP contribution < -0.4 is 5.73 Å². The maximum absolute atomic E-state index is 12.6. The monoisotopic (exact) mass is 287 g/mol. The molecule has 0 aromatic heterocycles. The summed E-state index contributed by atoms with van der Waals surface area (Å²) in [5.74, 6) is 0.815. The fourth-order valence-electron chi connectivity index (χ4n) is 3.80. The standard InChI is InChI=1S/C17H25N3O/c1-19-9-2-3-15-12-20(10-8-16(15)19)17(21)14-6-4-13(11-18)5-7-14/h4-7,15-16H,2-3,8-12,18H2,1H3. The van der Waals surface area contributed by atoms with Crippen LogP contribution >= 0.6 is 0 Å². The van der Waals surface area contributed by atoms with Gasteiger partial charge in [0.2, 0.25) is 0 Å². The minimum Gasteiger partial charge on any atom is -0.338 e. The number of hydrogen-bond acceptors (Lipinski definition) is 3. The van der Waals surface area contributed by atoms with Crippen molar-refractivity contribution in [3.63, 3.8) is 0 Å². The van der Waals surface area contributed by atoms with E-state index in [1.165, 1.54) is 19.4 Å². The van der Waals surface area contributed by atoms with E-state index in [1.807, 2.05) is 29.2 Å². The minimum atomic E-state index is 0.172. The average molecular weight is 287 g/mol. The summed E-state index contributed by atoms with van der Waals surface area (Å²) in [4.78, 5) is 17.2. The van der Waals surface area contributed by atoms with Crippen LogP contribution in [-0.4, -0.2) is 48.4 Å². The molecule has 2 aliphatic heterocycles. The third kappa shape index (κ3) is 2.97. The molecule has 0 saturated carbocycles. The largest absolute Gasteiger partial charge is 0.338 e. The number of amides is 1. The van der Waals surface area contributed by atoms with Crippen molar-refractivity contribution < 1.29 is 4.79 Å². The Morgan fingerprint density at radius 3 is 2.71 bits per heavy atom. The smallest absolute Gasteiger partial charge is 0.253 e. The van der Waals surface area contributed by atoms with E-state index in [-0.39, 0.29) is 5.91 Å². The number of fused-ring (bicyclic) bond motifs is 1. The molecule has 0 spiro atoms. The maximum Gasteiger partial charge on any atom is 0.253 e. The number of likely N-dealkylation sites (tertiary alicyclic amines) is 2. The van der Waals surface area contributed by atoms with Crippen molar-refractivity contribution in [2.24, 2.45) is 11.7 Å². The third-order valence-electron chi connectivity index (χ3n) is 5.07. The summed E-state index contributed by atoms with van der Waals surface area (Å²) >= 11 is 0. The van der Waals surface area contributed by atoms with Crippen LogP contribution in [-0.2, 0) is 6.54 Å². The minimum absolute atomic E-state index is 0.172. The van der Waals surface area contributed by atoms with Crippen molar-refractivity contribution in [3.05, 3.63) is 35.4 Å². The highest BCUT2D eigenvalue weighted by Gasteiger charge is 2.35. The molecule has 2 aliphatic rings. The molecule has 3 rings (SSSR count). The van der Waals surface area contributed by atoms with Gasteiger partial charge in [0.05, 0.1) is 0 Å². The van der Waals surface area contributed by atoms with Gasteiger partial charge in [0.25, 0.3) is 5.91 Å². The highest BCUT2D eigenvalue weighted by atomic mass is 16.2. The van der Waals surface area contributed by atoms with Gasteiger partial charge in [-0.15, -0.1) is 0 Å². The Morgan fingerprint density at radius 2 is 2.00 bits per heavy atom. The molecule has 1 amide bonds.